The second-order valence-electron chi connectivity index (χ2n) is 5.20. The molecular formula is C17H11ClFN3O3S. The van der Waals surface area contributed by atoms with Crippen molar-refractivity contribution in [3.63, 3.8) is 0 Å². The van der Waals surface area contributed by atoms with Gasteiger partial charge in [-0.1, -0.05) is 17.7 Å². The fourth-order valence-corrected chi connectivity index (χ4v) is 3.15. The maximum absolute atomic E-state index is 13.1. The Balaban J connectivity index is 1.68. The lowest BCUT2D eigenvalue weighted by atomic mass is 10.3. The third-order valence-electron chi connectivity index (χ3n) is 3.35. The number of hydrogen-bond donors (Lipinski definition) is 1. The van der Waals surface area contributed by atoms with Gasteiger partial charge in [0.2, 0.25) is 5.91 Å². The zero-order valence-corrected chi connectivity index (χ0v) is 14.7. The molecule has 1 aliphatic rings. The van der Waals surface area contributed by atoms with Gasteiger partial charge in [-0.05, 0) is 48.2 Å². The first kappa shape index (κ1) is 18.1. The number of pyridine rings is 1. The minimum Gasteiger partial charge on any atom is -0.324 e. The zero-order valence-electron chi connectivity index (χ0n) is 13.1. The maximum atomic E-state index is 13.1. The fourth-order valence-electron chi connectivity index (χ4n) is 2.15. The molecule has 0 aliphatic carbocycles. The van der Waals surface area contributed by atoms with E-state index in [4.69, 9.17) is 11.6 Å². The van der Waals surface area contributed by atoms with E-state index in [1.807, 2.05) is 0 Å². The Labute approximate surface area is 157 Å². The molecule has 1 fully saturated rings. The van der Waals surface area contributed by atoms with Crippen molar-refractivity contribution < 1.29 is 18.8 Å². The monoisotopic (exact) mass is 391 g/mol. The summed E-state index contributed by atoms with van der Waals surface area (Å²) in [6.45, 7) is -0.459. The number of nitrogens with one attached hydrogen (secondary N) is 1. The van der Waals surface area contributed by atoms with E-state index in [9.17, 15) is 18.8 Å². The number of thioether (sulfide) groups is 1. The average Bonchev–Trinajstić information content (AvgIpc) is 2.86. The molecule has 0 bridgehead atoms. The number of halogens is 2. The molecule has 2 heterocycles. The van der Waals surface area contributed by atoms with Crippen molar-refractivity contribution in [2.24, 2.45) is 0 Å². The minimum absolute atomic E-state index is 0.146. The summed E-state index contributed by atoms with van der Waals surface area (Å²) in [6, 6.07) is 8.85. The maximum Gasteiger partial charge on any atom is 0.294 e. The van der Waals surface area contributed by atoms with Gasteiger partial charge in [-0.2, -0.15) is 0 Å². The molecule has 9 heteroatoms. The van der Waals surface area contributed by atoms with Crippen LogP contribution >= 0.6 is 23.4 Å². The molecule has 1 aromatic heterocycles. The van der Waals surface area contributed by atoms with Crippen LogP contribution in [0.2, 0.25) is 5.02 Å². The molecule has 3 amide bonds. The molecular weight excluding hydrogens is 381 g/mol. The number of aromatic nitrogens is 1. The first-order valence-corrected chi connectivity index (χ1v) is 8.55. The van der Waals surface area contributed by atoms with E-state index in [-0.39, 0.29) is 15.6 Å². The third-order valence-corrected chi connectivity index (χ3v) is 4.54. The number of imide groups is 1. The molecule has 0 radical (unpaired) electrons. The van der Waals surface area contributed by atoms with Crippen molar-refractivity contribution >= 4 is 52.2 Å². The molecule has 132 valence electrons. The van der Waals surface area contributed by atoms with Crippen molar-refractivity contribution in [3.05, 3.63) is 64.0 Å². The Morgan fingerprint density at radius 3 is 2.81 bits per heavy atom. The van der Waals surface area contributed by atoms with Crippen LogP contribution in [0.15, 0.2) is 47.5 Å². The fraction of sp³-hybridized carbons (Fsp3) is 0.0588. The Morgan fingerprint density at radius 2 is 2.12 bits per heavy atom. The number of anilines is 1. The number of carbonyl (C=O) groups excluding carboxylic acids is 3. The van der Waals surface area contributed by atoms with E-state index < -0.39 is 29.4 Å². The number of hydrogen-bond acceptors (Lipinski definition) is 5. The number of carbonyl (C=O) groups is 3. The first-order chi connectivity index (χ1) is 12.4. The number of benzene rings is 1. The second-order valence-corrected chi connectivity index (χ2v) is 6.60. The predicted molar refractivity (Wildman–Crippen MR) is 97.0 cm³/mol. The van der Waals surface area contributed by atoms with Gasteiger partial charge in [-0.15, -0.1) is 0 Å². The molecule has 0 unspecified atom stereocenters. The summed E-state index contributed by atoms with van der Waals surface area (Å²) in [5, 5.41) is 1.77. The smallest absolute Gasteiger partial charge is 0.294 e. The van der Waals surface area contributed by atoms with Crippen LogP contribution in [0.25, 0.3) is 6.08 Å². The van der Waals surface area contributed by atoms with E-state index >= 15 is 0 Å². The summed E-state index contributed by atoms with van der Waals surface area (Å²) < 4.78 is 13.1. The summed E-state index contributed by atoms with van der Waals surface area (Å²) in [5.41, 5.74) is 0.792. The van der Waals surface area contributed by atoms with Gasteiger partial charge in [0, 0.05) is 11.9 Å². The quantitative estimate of drug-likeness (QED) is 0.806. The van der Waals surface area contributed by atoms with E-state index in [0.29, 0.717) is 5.69 Å². The van der Waals surface area contributed by atoms with Crippen molar-refractivity contribution in [1.82, 2.24) is 9.88 Å². The normalized spacial score (nSPS) is 15.6. The second kappa shape index (κ2) is 7.67. The molecule has 0 spiro atoms. The minimum atomic E-state index is -0.615. The van der Waals surface area contributed by atoms with Crippen LogP contribution in [0.1, 0.15) is 5.69 Å². The third kappa shape index (κ3) is 4.09. The van der Waals surface area contributed by atoms with Gasteiger partial charge >= 0.3 is 0 Å². The van der Waals surface area contributed by atoms with E-state index in [1.54, 1.807) is 24.4 Å². The highest BCUT2D eigenvalue weighted by atomic mass is 35.5. The summed E-state index contributed by atoms with van der Waals surface area (Å²) in [5.74, 6) is -1.79. The molecule has 0 atom stereocenters. The summed E-state index contributed by atoms with van der Waals surface area (Å²) in [4.78, 5) is 41.5. The average molecular weight is 392 g/mol. The molecule has 26 heavy (non-hydrogen) atoms. The van der Waals surface area contributed by atoms with Gasteiger partial charge in [0.05, 0.1) is 15.6 Å². The first-order valence-electron chi connectivity index (χ1n) is 7.35. The lowest BCUT2D eigenvalue weighted by molar-refractivity contribution is -0.127. The van der Waals surface area contributed by atoms with Crippen LogP contribution in [0, 0.1) is 5.82 Å². The Hall–Kier alpha value is -2.71. The number of amides is 3. The summed E-state index contributed by atoms with van der Waals surface area (Å²) in [7, 11) is 0. The number of rotatable bonds is 4. The molecule has 0 saturated carbocycles. The molecule has 2 aromatic rings. The zero-order chi connectivity index (χ0) is 18.7. The SMILES string of the molecule is O=C(CN1C(=O)S/C(=C\c2ccccn2)C1=O)Nc1ccc(F)c(Cl)c1. The van der Waals surface area contributed by atoms with Crippen LogP contribution in [0.3, 0.4) is 0 Å². The summed E-state index contributed by atoms with van der Waals surface area (Å²) >= 11 is 6.39. The summed E-state index contributed by atoms with van der Waals surface area (Å²) in [6.07, 6.45) is 3.06. The number of nitrogens with zero attached hydrogens (tertiary/aromatic N) is 2. The van der Waals surface area contributed by atoms with E-state index in [2.05, 4.69) is 10.3 Å². The van der Waals surface area contributed by atoms with Gasteiger partial charge in [0.15, 0.2) is 0 Å². The molecule has 1 aliphatic heterocycles. The van der Waals surface area contributed by atoms with Gasteiger partial charge in [-0.3, -0.25) is 24.3 Å². The van der Waals surface area contributed by atoms with Gasteiger partial charge in [0.1, 0.15) is 12.4 Å². The highest BCUT2D eigenvalue weighted by Gasteiger charge is 2.36. The highest BCUT2D eigenvalue weighted by molar-refractivity contribution is 8.18. The van der Waals surface area contributed by atoms with Crippen LogP contribution in [-0.2, 0) is 9.59 Å². The Morgan fingerprint density at radius 1 is 1.31 bits per heavy atom. The molecule has 1 saturated heterocycles. The largest absolute Gasteiger partial charge is 0.324 e. The molecule has 6 nitrogen and oxygen atoms in total. The topological polar surface area (TPSA) is 79.4 Å². The Bertz CT molecular complexity index is 921. The van der Waals surface area contributed by atoms with Crippen molar-refractivity contribution in [3.8, 4) is 0 Å². The van der Waals surface area contributed by atoms with Crippen LogP contribution in [0.5, 0.6) is 0 Å². The molecule has 3 rings (SSSR count). The lowest BCUT2D eigenvalue weighted by Crippen LogP contribution is -2.36. The van der Waals surface area contributed by atoms with Gasteiger partial charge in [0.25, 0.3) is 11.1 Å². The van der Waals surface area contributed by atoms with Crippen LogP contribution in [-0.4, -0.2) is 33.5 Å². The van der Waals surface area contributed by atoms with Crippen LogP contribution < -0.4 is 5.32 Å². The van der Waals surface area contributed by atoms with Crippen molar-refractivity contribution in [1.29, 1.82) is 0 Å². The van der Waals surface area contributed by atoms with Crippen molar-refractivity contribution in [2.75, 3.05) is 11.9 Å². The standard InChI is InChI=1S/C17H11ClFN3O3S/c18-12-7-11(4-5-13(12)19)21-15(23)9-22-16(24)14(26-17(22)25)8-10-3-1-2-6-20-10/h1-8H,9H2,(H,21,23)/b14-8-. The van der Waals surface area contributed by atoms with Gasteiger partial charge < -0.3 is 5.32 Å². The van der Waals surface area contributed by atoms with Crippen LogP contribution in [0.4, 0.5) is 14.9 Å². The van der Waals surface area contributed by atoms with E-state index in [1.165, 1.54) is 18.2 Å². The molecule has 1 aromatic carbocycles. The Kier molecular flexibility index (Phi) is 5.34. The highest BCUT2D eigenvalue weighted by Crippen LogP contribution is 2.31. The lowest BCUT2D eigenvalue weighted by Gasteiger charge is -2.12. The van der Waals surface area contributed by atoms with Gasteiger partial charge in [-0.25, -0.2) is 4.39 Å². The van der Waals surface area contributed by atoms with Crippen molar-refractivity contribution in [2.45, 2.75) is 0 Å². The molecule has 1 N–H and O–H groups in total. The predicted octanol–water partition coefficient (Wildman–Crippen LogP) is 3.55. The van der Waals surface area contributed by atoms with E-state index in [0.717, 1.165) is 22.7 Å².